The van der Waals surface area contributed by atoms with Crippen LogP contribution in [-0.2, 0) is 4.74 Å². The van der Waals surface area contributed by atoms with E-state index in [2.05, 4.69) is 10.2 Å². The summed E-state index contributed by atoms with van der Waals surface area (Å²) in [4.78, 5) is 15.2. The first-order valence-electron chi connectivity index (χ1n) is 9.22. The molecule has 25 heavy (non-hydrogen) atoms. The molecule has 1 aromatic carbocycles. The molecule has 4 rings (SSSR count). The Labute approximate surface area is 147 Å². The third-order valence-electron chi connectivity index (χ3n) is 5.67. The summed E-state index contributed by atoms with van der Waals surface area (Å²) >= 11 is 0. The van der Waals surface area contributed by atoms with Crippen molar-refractivity contribution in [3.63, 3.8) is 0 Å². The number of benzene rings is 1. The van der Waals surface area contributed by atoms with Crippen molar-refractivity contribution in [2.24, 2.45) is 11.7 Å². The van der Waals surface area contributed by atoms with Crippen LogP contribution in [0.1, 0.15) is 41.6 Å². The molecule has 3 N–H and O–H groups in total. The zero-order valence-corrected chi connectivity index (χ0v) is 14.7. The van der Waals surface area contributed by atoms with Crippen LogP contribution in [0.3, 0.4) is 0 Å². The number of carbonyl (C=O) groups excluding carboxylic acids is 1. The Morgan fingerprint density at radius 3 is 3.12 bits per heavy atom. The molecule has 2 aliphatic rings. The van der Waals surface area contributed by atoms with E-state index in [-0.39, 0.29) is 18.1 Å². The normalized spacial score (nSPS) is 27.6. The molecule has 2 fully saturated rings. The Hall–Kier alpha value is -1.92. The number of nitrogens with two attached hydrogens (primary N) is 1. The van der Waals surface area contributed by atoms with Gasteiger partial charge in [-0.1, -0.05) is 6.07 Å². The number of nitrogens with zero attached hydrogens (tertiary/aromatic N) is 2. The van der Waals surface area contributed by atoms with Crippen molar-refractivity contribution in [3.8, 4) is 0 Å². The Morgan fingerprint density at radius 1 is 1.40 bits per heavy atom. The molecule has 0 spiro atoms. The van der Waals surface area contributed by atoms with Crippen LogP contribution in [0.25, 0.3) is 10.9 Å². The van der Waals surface area contributed by atoms with E-state index in [1.54, 1.807) is 6.20 Å². The van der Waals surface area contributed by atoms with E-state index < -0.39 is 0 Å². The Balaban J connectivity index is 1.55. The predicted molar refractivity (Wildman–Crippen MR) is 96.4 cm³/mol. The molecule has 6 heteroatoms. The fraction of sp³-hybridized carbons (Fsp3) is 0.579. The number of carbonyl (C=O) groups is 1. The summed E-state index contributed by atoms with van der Waals surface area (Å²) in [6, 6.07) is 4.19. The minimum Gasteiger partial charge on any atom is -0.378 e. The summed E-state index contributed by atoms with van der Waals surface area (Å²) in [7, 11) is 0. The lowest BCUT2D eigenvalue weighted by atomic mass is 9.87. The number of fused-ring (bicyclic) bond motifs is 1. The second-order valence-electron chi connectivity index (χ2n) is 7.44. The maximum absolute atomic E-state index is 13.2. The number of H-pyrrole nitrogens is 1. The average Bonchev–Trinajstić information content (AvgIpc) is 3.10. The number of amides is 1. The number of hydrogen-bond donors (Lipinski definition) is 2. The molecule has 2 aliphatic heterocycles. The van der Waals surface area contributed by atoms with Crippen LogP contribution in [0.4, 0.5) is 0 Å². The quantitative estimate of drug-likeness (QED) is 0.876. The number of piperidine rings is 1. The summed E-state index contributed by atoms with van der Waals surface area (Å²) in [5, 5.41) is 7.96. The molecule has 1 aromatic heterocycles. The fourth-order valence-corrected chi connectivity index (χ4v) is 4.25. The zero-order valence-electron chi connectivity index (χ0n) is 14.7. The predicted octanol–water partition coefficient (Wildman–Crippen LogP) is 2.23. The summed E-state index contributed by atoms with van der Waals surface area (Å²) in [5.74, 6) is 0.488. The molecule has 3 unspecified atom stereocenters. The van der Waals surface area contributed by atoms with E-state index in [1.165, 1.54) is 0 Å². The van der Waals surface area contributed by atoms with Crippen molar-refractivity contribution < 1.29 is 9.53 Å². The van der Waals surface area contributed by atoms with Gasteiger partial charge < -0.3 is 15.4 Å². The molecule has 0 radical (unpaired) electrons. The molecular weight excluding hydrogens is 316 g/mol. The maximum Gasteiger partial charge on any atom is 0.254 e. The van der Waals surface area contributed by atoms with Crippen LogP contribution in [0.15, 0.2) is 18.3 Å². The van der Waals surface area contributed by atoms with E-state index in [0.717, 1.165) is 67.4 Å². The van der Waals surface area contributed by atoms with Gasteiger partial charge in [0.15, 0.2) is 0 Å². The minimum atomic E-state index is 0.106. The zero-order chi connectivity index (χ0) is 17.4. The molecule has 2 aromatic rings. The van der Waals surface area contributed by atoms with E-state index in [4.69, 9.17) is 10.5 Å². The molecule has 1 amide bonds. The van der Waals surface area contributed by atoms with Crippen LogP contribution in [0, 0.1) is 12.8 Å². The van der Waals surface area contributed by atoms with Crippen LogP contribution in [-0.4, -0.2) is 52.8 Å². The second-order valence-corrected chi connectivity index (χ2v) is 7.44. The second kappa shape index (κ2) is 6.77. The highest BCUT2D eigenvalue weighted by atomic mass is 16.5. The van der Waals surface area contributed by atoms with Crippen LogP contribution in [0.5, 0.6) is 0 Å². The van der Waals surface area contributed by atoms with Gasteiger partial charge in [0.1, 0.15) is 0 Å². The van der Waals surface area contributed by atoms with Gasteiger partial charge in [-0.05, 0) is 44.2 Å². The van der Waals surface area contributed by atoms with Gasteiger partial charge in [0.05, 0.1) is 23.4 Å². The van der Waals surface area contributed by atoms with Crippen molar-refractivity contribution in [2.75, 3.05) is 19.7 Å². The van der Waals surface area contributed by atoms with Crippen molar-refractivity contribution >= 4 is 16.8 Å². The summed E-state index contributed by atoms with van der Waals surface area (Å²) in [5.41, 5.74) is 8.79. The van der Waals surface area contributed by atoms with Gasteiger partial charge in [-0.15, -0.1) is 0 Å². The summed E-state index contributed by atoms with van der Waals surface area (Å²) < 4.78 is 5.97. The van der Waals surface area contributed by atoms with Crippen LogP contribution in [0.2, 0.25) is 0 Å². The van der Waals surface area contributed by atoms with E-state index >= 15 is 0 Å². The smallest absolute Gasteiger partial charge is 0.254 e. The third kappa shape index (κ3) is 3.16. The Morgan fingerprint density at radius 2 is 2.28 bits per heavy atom. The standard InChI is InChI=1S/C19H26N4O2/c1-12-4-5-16-15(10-21-22-16)18(12)19(24)23-7-2-3-13(11-23)17-9-14(20)6-8-25-17/h4-5,10,13-14,17H,2-3,6-9,11,20H2,1H3,(H,21,22). The number of ether oxygens (including phenoxy) is 1. The number of aromatic nitrogens is 2. The number of hydrogen-bond acceptors (Lipinski definition) is 4. The lowest BCUT2D eigenvalue weighted by molar-refractivity contribution is -0.0439. The minimum absolute atomic E-state index is 0.106. The van der Waals surface area contributed by atoms with Crippen molar-refractivity contribution in [1.29, 1.82) is 0 Å². The highest BCUT2D eigenvalue weighted by Gasteiger charge is 2.33. The van der Waals surface area contributed by atoms with E-state index in [0.29, 0.717) is 5.92 Å². The highest BCUT2D eigenvalue weighted by Crippen LogP contribution is 2.29. The van der Waals surface area contributed by atoms with Gasteiger partial charge in [0.25, 0.3) is 5.91 Å². The molecule has 2 saturated heterocycles. The molecular formula is C19H26N4O2. The molecule has 0 saturated carbocycles. The lowest BCUT2D eigenvalue weighted by Gasteiger charge is -2.39. The number of aromatic amines is 1. The van der Waals surface area contributed by atoms with E-state index in [1.807, 2.05) is 24.0 Å². The fourth-order valence-electron chi connectivity index (χ4n) is 4.25. The molecule has 3 atom stereocenters. The molecule has 0 aliphatic carbocycles. The van der Waals surface area contributed by atoms with Crippen LogP contribution >= 0.6 is 0 Å². The van der Waals surface area contributed by atoms with Gasteiger partial charge in [0.2, 0.25) is 0 Å². The number of likely N-dealkylation sites (tertiary alicyclic amines) is 1. The van der Waals surface area contributed by atoms with Crippen molar-refractivity contribution in [1.82, 2.24) is 15.1 Å². The molecule has 3 heterocycles. The average molecular weight is 342 g/mol. The van der Waals surface area contributed by atoms with E-state index in [9.17, 15) is 4.79 Å². The largest absolute Gasteiger partial charge is 0.378 e. The molecule has 6 nitrogen and oxygen atoms in total. The Bertz CT molecular complexity index is 772. The maximum atomic E-state index is 13.2. The van der Waals surface area contributed by atoms with Crippen LogP contribution < -0.4 is 5.73 Å². The first-order chi connectivity index (χ1) is 12.1. The van der Waals surface area contributed by atoms with Gasteiger partial charge in [-0.2, -0.15) is 5.10 Å². The SMILES string of the molecule is Cc1ccc2[nH]ncc2c1C(=O)N1CCCC(C2CC(N)CCO2)C1. The van der Waals surface area contributed by atoms with Gasteiger partial charge in [-0.25, -0.2) is 0 Å². The molecule has 0 bridgehead atoms. The third-order valence-corrected chi connectivity index (χ3v) is 5.67. The summed E-state index contributed by atoms with van der Waals surface area (Å²) in [6.45, 7) is 4.29. The van der Waals surface area contributed by atoms with Gasteiger partial charge >= 0.3 is 0 Å². The first kappa shape index (κ1) is 16.5. The van der Waals surface area contributed by atoms with Crippen molar-refractivity contribution in [3.05, 3.63) is 29.5 Å². The first-order valence-corrected chi connectivity index (χ1v) is 9.22. The highest BCUT2D eigenvalue weighted by molar-refractivity contribution is 6.07. The Kier molecular flexibility index (Phi) is 4.48. The van der Waals surface area contributed by atoms with Gasteiger partial charge in [-0.3, -0.25) is 9.89 Å². The molecule has 134 valence electrons. The van der Waals surface area contributed by atoms with Crippen molar-refractivity contribution in [2.45, 2.75) is 44.8 Å². The topological polar surface area (TPSA) is 84.2 Å². The number of aryl methyl sites for hydroxylation is 1. The number of rotatable bonds is 2. The lowest BCUT2D eigenvalue weighted by Crippen LogP contribution is -2.47. The van der Waals surface area contributed by atoms with Gasteiger partial charge in [0, 0.05) is 37.0 Å². The summed E-state index contributed by atoms with van der Waals surface area (Å²) in [6.07, 6.45) is 5.91. The monoisotopic (exact) mass is 342 g/mol. The number of nitrogens with one attached hydrogen (secondary N) is 1.